The smallest absolute Gasteiger partial charge is 0.274 e. The summed E-state index contributed by atoms with van der Waals surface area (Å²) in [5, 5.41) is 13.6. The predicted molar refractivity (Wildman–Crippen MR) is 67.5 cm³/mol. The number of thiophene rings is 1. The van der Waals surface area contributed by atoms with Gasteiger partial charge < -0.3 is 0 Å². The van der Waals surface area contributed by atoms with Crippen LogP contribution in [-0.2, 0) is 0 Å². The first kappa shape index (κ1) is 11.5. The van der Waals surface area contributed by atoms with Gasteiger partial charge in [0.1, 0.15) is 5.69 Å². The Bertz CT molecular complexity index is 587. The van der Waals surface area contributed by atoms with E-state index in [0.29, 0.717) is 5.69 Å². The number of aromatic amines is 1. The van der Waals surface area contributed by atoms with E-state index in [1.54, 1.807) is 18.3 Å². The van der Waals surface area contributed by atoms with Crippen molar-refractivity contribution in [1.29, 1.82) is 0 Å². The van der Waals surface area contributed by atoms with Gasteiger partial charge in [0, 0.05) is 4.88 Å². The molecule has 0 aliphatic heterocycles. The molecule has 17 heavy (non-hydrogen) atoms. The molecule has 0 aliphatic rings. The minimum Gasteiger partial charge on any atom is -0.288 e. The Morgan fingerprint density at radius 3 is 3.00 bits per heavy atom. The van der Waals surface area contributed by atoms with Gasteiger partial charge in [0.15, 0.2) is 0 Å². The number of anilines is 1. The second kappa shape index (κ2) is 4.88. The van der Waals surface area contributed by atoms with Gasteiger partial charge in [-0.1, -0.05) is 6.07 Å². The van der Waals surface area contributed by atoms with Crippen molar-refractivity contribution < 1.29 is 0 Å². The molecule has 0 unspecified atom stereocenters. The lowest BCUT2D eigenvalue weighted by atomic mass is 10.3. The molecule has 2 N–H and O–H groups in total. The number of H-pyrrole nitrogens is 1. The zero-order chi connectivity index (χ0) is 12.3. The van der Waals surface area contributed by atoms with E-state index in [1.807, 2.05) is 24.4 Å². The molecule has 0 saturated carbocycles. The summed E-state index contributed by atoms with van der Waals surface area (Å²) in [6.07, 6.45) is 0. The van der Waals surface area contributed by atoms with E-state index in [0.717, 1.165) is 10.6 Å². The fraction of sp³-hybridized carbons (Fsp3) is 0.200. The Morgan fingerprint density at radius 1 is 1.53 bits per heavy atom. The van der Waals surface area contributed by atoms with Crippen LogP contribution in [0.25, 0.3) is 0 Å². The van der Waals surface area contributed by atoms with Gasteiger partial charge >= 0.3 is 0 Å². The van der Waals surface area contributed by atoms with E-state index in [9.17, 15) is 4.79 Å². The molecule has 7 heteroatoms. The lowest BCUT2D eigenvalue weighted by molar-refractivity contribution is 0.897. The Hall–Kier alpha value is -2.02. The lowest BCUT2D eigenvalue weighted by Crippen LogP contribution is -2.15. The second-order valence-corrected chi connectivity index (χ2v) is 4.32. The van der Waals surface area contributed by atoms with Gasteiger partial charge in [-0.2, -0.15) is 5.10 Å². The molecule has 2 aromatic heterocycles. The second-order valence-electron chi connectivity index (χ2n) is 3.37. The molecule has 0 bridgehead atoms. The molecular weight excluding hydrogens is 238 g/mol. The van der Waals surface area contributed by atoms with Gasteiger partial charge in [-0.3, -0.25) is 9.78 Å². The summed E-state index contributed by atoms with van der Waals surface area (Å²) in [7, 11) is 0. The highest BCUT2D eigenvalue weighted by Crippen LogP contribution is 2.09. The third-order valence-electron chi connectivity index (χ3n) is 2.07. The van der Waals surface area contributed by atoms with Crippen LogP contribution in [0.15, 0.2) is 27.4 Å². The molecule has 2 rings (SSSR count). The zero-order valence-corrected chi connectivity index (χ0v) is 10.2. The fourth-order valence-corrected chi connectivity index (χ4v) is 1.80. The third-order valence-corrected chi connectivity index (χ3v) is 3.05. The maximum atomic E-state index is 11.3. The minimum atomic E-state index is -0.272. The molecular formula is C10H11N5OS. The van der Waals surface area contributed by atoms with Crippen molar-refractivity contribution in [2.45, 2.75) is 13.8 Å². The third kappa shape index (κ3) is 2.76. The van der Waals surface area contributed by atoms with Crippen LogP contribution in [0.2, 0.25) is 0 Å². The SMILES string of the molecule is C/C(=N/Nc1nnc(C)c(=O)[nH]1)c1cccs1. The quantitative estimate of drug-likeness (QED) is 0.635. The van der Waals surface area contributed by atoms with Crippen molar-refractivity contribution >= 4 is 23.0 Å². The summed E-state index contributed by atoms with van der Waals surface area (Å²) >= 11 is 1.59. The molecule has 88 valence electrons. The Labute approximate surface area is 101 Å². The van der Waals surface area contributed by atoms with E-state index in [2.05, 4.69) is 25.7 Å². The van der Waals surface area contributed by atoms with Gasteiger partial charge in [0.25, 0.3) is 5.56 Å². The average molecular weight is 249 g/mol. The number of aryl methyl sites for hydroxylation is 1. The highest BCUT2D eigenvalue weighted by Gasteiger charge is 2.00. The van der Waals surface area contributed by atoms with Crippen LogP contribution >= 0.6 is 11.3 Å². The first-order chi connectivity index (χ1) is 8.16. The van der Waals surface area contributed by atoms with Gasteiger partial charge in [0.05, 0.1) is 5.71 Å². The first-order valence-electron chi connectivity index (χ1n) is 4.94. The molecule has 2 heterocycles. The topological polar surface area (TPSA) is 83.0 Å². The molecule has 0 aliphatic carbocycles. The normalized spacial score (nSPS) is 11.5. The average Bonchev–Trinajstić information content (AvgIpc) is 2.84. The Kier molecular flexibility index (Phi) is 3.29. The van der Waals surface area contributed by atoms with Gasteiger partial charge in [0.2, 0.25) is 5.95 Å². The number of hydrogen-bond acceptors (Lipinski definition) is 6. The van der Waals surface area contributed by atoms with E-state index >= 15 is 0 Å². The van der Waals surface area contributed by atoms with Gasteiger partial charge in [-0.05, 0) is 25.3 Å². The summed E-state index contributed by atoms with van der Waals surface area (Å²) in [5.74, 6) is 0.233. The van der Waals surface area contributed by atoms with Crippen LogP contribution in [-0.4, -0.2) is 20.9 Å². The number of hydrazone groups is 1. The predicted octanol–water partition coefficient (Wildman–Crippen LogP) is 1.37. The Morgan fingerprint density at radius 2 is 2.35 bits per heavy atom. The maximum absolute atomic E-state index is 11.3. The standard InChI is InChI=1S/C10H11N5OS/c1-6(8-4-3-5-17-8)12-14-10-11-9(16)7(2)13-15-10/h3-5H,1-2H3,(H2,11,14,15,16)/b12-6-. The summed E-state index contributed by atoms with van der Waals surface area (Å²) in [5.41, 5.74) is 3.55. The molecule has 6 nitrogen and oxygen atoms in total. The highest BCUT2D eigenvalue weighted by atomic mass is 32.1. The lowest BCUT2D eigenvalue weighted by Gasteiger charge is -2.00. The van der Waals surface area contributed by atoms with Crippen LogP contribution < -0.4 is 11.0 Å². The van der Waals surface area contributed by atoms with Crippen molar-refractivity contribution in [2.75, 3.05) is 5.43 Å². The van der Waals surface area contributed by atoms with Crippen LogP contribution in [0.4, 0.5) is 5.95 Å². The molecule has 0 amide bonds. The van der Waals surface area contributed by atoms with Gasteiger partial charge in [-0.25, -0.2) is 5.43 Å². The van der Waals surface area contributed by atoms with E-state index in [1.165, 1.54) is 0 Å². The van der Waals surface area contributed by atoms with Crippen molar-refractivity contribution in [2.24, 2.45) is 5.10 Å². The molecule has 0 fully saturated rings. The number of hydrogen-bond donors (Lipinski definition) is 2. The molecule has 2 aromatic rings. The van der Waals surface area contributed by atoms with Crippen LogP contribution in [0.3, 0.4) is 0 Å². The van der Waals surface area contributed by atoms with E-state index < -0.39 is 0 Å². The molecule has 0 saturated heterocycles. The number of aromatic nitrogens is 3. The largest absolute Gasteiger partial charge is 0.288 e. The summed E-state index contributed by atoms with van der Waals surface area (Å²) in [6, 6.07) is 3.92. The first-order valence-corrected chi connectivity index (χ1v) is 5.82. The summed E-state index contributed by atoms with van der Waals surface area (Å²) in [4.78, 5) is 14.9. The maximum Gasteiger partial charge on any atom is 0.274 e. The number of nitrogens with one attached hydrogen (secondary N) is 2. The molecule has 0 aromatic carbocycles. The van der Waals surface area contributed by atoms with Crippen LogP contribution in [0, 0.1) is 6.92 Å². The molecule has 0 radical (unpaired) electrons. The Balaban J connectivity index is 2.14. The zero-order valence-electron chi connectivity index (χ0n) is 9.39. The van der Waals surface area contributed by atoms with Crippen molar-refractivity contribution in [3.63, 3.8) is 0 Å². The molecule has 0 spiro atoms. The van der Waals surface area contributed by atoms with E-state index in [4.69, 9.17) is 0 Å². The monoisotopic (exact) mass is 249 g/mol. The summed E-state index contributed by atoms with van der Waals surface area (Å²) in [6.45, 7) is 3.47. The molecule has 0 atom stereocenters. The summed E-state index contributed by atoms with van der Waals surface area (Å²) < 4.78 is 0. The van der Waals surface area contributed by atoms with Crippen LogP contribution in [0.1, 0.15) is 17.5 Å². The van der Waals surface area contributed by atoms with Gasteiger partial charge in [-0.15, -0.1) is 21.5 Å². The van der Waals surface area contributed by atoms with E-state index in [-0.39, 0.29) is 11.5 Å². The fourth-order valence-electron chi connectivity index (χ4n) is 1.12. The number of rotatable bonds is 3. The number of nitrogens with zero attached hydrogens (tertiary/aromatic N) is 3. The van der Waals surface area contributed by atoms with Crippen molar-refractivity contribution in [3.05, 3.63) is 38.4 Å². The van der Waals surface area contributed by atoms with Crippen LogP contribution in [0.5, 0.6) is 0 Å². The van der Waals surface area contributed by atoms with Crippen molar-refractivity contribution in [3.8, 4) is 0 Å². The highest BCUT2D eigenvalue weighted by molar-refractivity contribution is 7.12. The van der Waals surface area contributed by atoms with Crippen molar-refractivity contribution in [1.82, 2.24) is 15.2 Å². The minimum absolute atomic E-state index is 0.233.